The minimum Gasteiger partial charge on any atom is -0.452 e. The van der Waals surface area contributed by atoms with Gasteiger partial charge in [0.2, 0.25) is 10.0 Å². The number of primary sulfonamides is 1. The predicted octanol–water partition coefficient (Wildman–Crippen LogP) is 3.10. The molecule has 0 spiro atoms. The number of rotatable bonds is 7. The zero-order valence-electron chi connectivity index (χ0n) is 13.9. The Bertz CT molecular complexity index is 985. The van der Waals surface area contributed by atoms with Crippen molar-refractivity contribution in [3.8, 4) is 0 Å². The van der Waals surface area contributed by atoms with Crippen LogP contribution in [0.1, 0.15) is 10.4 Å². The van der Waals surface area contributed by atoms with E-state index in [1.165, 1.54) is 30.3 Å². The Balaban J connectivity index is 1.95. The van der Waals surface area contributed by atoms with Gasteiger partial charge in [-0.1, -0.05) is 23.4 Å². The molecular weight excluding hydrogens is 438 g/mol. The first-order valence-electron chi connectivity index (χ1n) is 7.40. The monoisotopic (exact) mass is 450 g/mol. The Hall–Kier alpha value is -2.21. The normalized spacial score (nSPS) is 11.3. The van der Waals surface area contributed by atoms with Crippen LogP contribution in [0.5, 0.6) is 0 Å². The number of hydrogen-bond acceptors (Lipinski definition) is 6. The highest BCUT2D eigenvalue weighted by molar-refractivity contribution is 7.99. The number of anilines is 1. The average Bonchev–Trinajstić information content (AvgIpc) is 2.60. The van der Waals surface area contributed by atoms with Crippen molar-refractivity contribution in [2.75, 3.05) is 11.9 Å². The average molecular weight is 451 g/mol. The summed E-state index contributed by atoms with van der Waals surface area (Å²) in [6.07, 6.45) is 0. The number of amides is 1. The number of thioether (sulfide) groups is 1. The summed E-state index contributed by atoms with van der Waals surface area (Å²) in [6, 6.07) is 8.97. The summed E-state index contributed by atoms with van der Waals surface area (Å²) in [5.74, 6) is -4.19. The maximum Gasteiger partial charge on any atom is 0.338 e. The van der Waals surface area contributed by atoms with Gasteiger partial charge in [0.15, 0.2) is 6.61 Å². The summed E-state index contributed by atoms with van der Waals surface area (Å²) >= 11 is 6.09. The number of nitrogens with one attached hydrogen (secondary N) is 1. The molecule has 0 bridgehead atoms. The molecule has 7 nitrogen and oxygen atoms in total. The molecular formula is C16H13ClF2N2O5S2. The van der Waals surface area contributed by atoms with Crippen LogP contribution in [0.2, 0.25) is 5.02 Å². The molecule has 150 valence electrons. The van der Waals surface area contributed by atoms with E-state index in [4.69, 9.17) is 21.5 Å². The van der Waals surface area contributed by atoms with Gasteiger partial charge in [-0.3, -0.25) is 4.79 Å². The molecule has 2 aromatic rings. The van der Waals surface area contributed by atoms with Gasteiger partial charge in [-0.15, -0.1) is 0 Å². The lowest BCUT2D eigenvalue weighted by Crippen LogP contribution is -2.21. The molecule has 0 heterocycles. The number of sulfonamides is 1. The van der Waals surface area contributed by atoms with Gasteiger partial charge in [0.05, 0.1) is 10.6 Å². The maximum atomic E-state index is 12.3. The summed E-state index contributed by atoms with van der Waals surface area (Å²) in [5, 5.41) is 7.26. The van der Waals surface area contributed by atoms with Gasteiger partial charge in [0, 0.05) is 10.6 Å². The fourth-order valence-corrected chi connectivity index (χ4v) is 3.55. The Kier molecular flexibility index (Phi) is 7.35. The van der Waals surface area contributed by atoms with E-state index in [0.717, 1.165) is 12.1 Å². The number of carbonyl (C=O) groups is 2. The van der Waals surface area contributed by atoms with Crippen LogP contribution in [-0.4, -0.2) is 32.7 Å². The second-order valence-electron chi connectivity index (χ2n) is 5.22. The summed E-state index contributed by atoms with van der Waals surface area (Å²) in [6.45, 7) is -0.653. The first kappa shape index (κ1) is 22.1. The van der Waals surface area contributed by atoms with Crippen LogP contribution >= 0.6 is 23.4 Å². The number of benzene rings is 2. The zero-order valence-corrected chi connectivity index (χ0v) is 16.3. The number of alkyl halides is 2. The highest BCUT2D eigenvalue weighted by Gasteiger charge is 2.18. The first-order chi connectivity index (χ1) is 13.1. The molecule has 0 unspecified atom stereocenters. The lowest BCUT2D eigenvalue weighted by Gasteiger charge is -2.08. The Labute approximate surface area is 168 Å². The summed E-state index contributed by atoms with van der Waals surface area (Å²) in [7, 11) is -4.14. The zero-order chi connectivity index (χ0) is 20.9. The lowest BCUT2D eigenvalue weighted by atomic mass is 10.2. The number of esters is 1. The molecule has 0 aromatic heterocycles. The van der Waals surface area contributed by atoms with Crippen LogP contribution in [0.15, 0.2) is 52.3 Å². The molecule has 0 atom stereocenters. The van der Waals surface area contributed by atoms with Crippen LogP contribution in [0.4, 0.5) is 14.5 Å². The molecule has 0 radical (unpaired) electrons. The fourth-order valence-electron chi connectivity index (χ4n) is 1.98. The molecule has 0 saturated heterocycles. The van der Waals surface area contributed by atoms with Gasteiger partial charge >= 0.3 is 5.97 Å². The molecule has 0 aliphatic heterocycles. The van der Waals surface area contributed by atoms with Crippen molar-refractivity contribution in [1.82, 2.24) is 0 Å². The third-order valence-electron chi connectivity index (χ3n) is 3.17. The molecule has 3 N–H and O–H groups in total. The van der Waals surface area contributed by atoms with Crippen molar-refractivity contribution in [3.05, 3.63) is 53.1 Å². The third-order valence-corrected chi connectivity index (χ3v) is 5.29. The van der Waals surface area contributed by atoms with Crippen LogP contribution in [0.25, 0.3) is 0 Å². The second-order valence-corrected chi connectivity index (χ2v) is 8.22. The van der Waals surface area contributed by atoms with Crippen LogP contribution in [0.3, 0.4) is 0 Å². The van der Waals surface area contributed by atoms with E-state index in [1.54, 1.807) is 0 Å². The van der Waals surface area contributed by atoms with Crippen molar-refractivity contribution in [2.24, 2.45) is 5.14 Å². The molecule has 28 heavy (non-hydrogen) atoms. The van der Waals surface area contributed by atoms with Crippen molar-refractivity contribution in [1.29, 1.82) is 0 Å². The van der Waals surface area contributed by atoms with E-state index in [0.29, 0.717) is 22.3 Å². The van der Waals surface area contributed by atoms with Crippen LogP contribution in [-0.2, 0) is 19.6 Å². The van der Waals surface area contributed by atoms with E-state index >= 15 is 0 Å². The fraction of sp³-hybridized carbons (Fsp3) is 0.125. The molecule has 2 aromatic carbocycles. The van der Waals surface area contributed by atoms with Crippen molar-refractivity contribution in [3.63, 3.8) is 0 Å². The highest BCUT2D eigenvalue weighted by atomic mass is 35.5. The number of nitrogens with two attached hydrogens (primary N) is 1. The number of ether oxygens (including phenoxy) is 1. The van der Waals surface area contributed by atoms with Gasteiger partial charge in [-0.05, 0) is 42.5 Å². The Morgan fingerprint density at radius 3 is 2.39 bits per heavy atom. The predicted molar refractivity (Wildman–Crippen MR) is 100 cm³/mol. The first-order valence-corrected chi connectivity index (χ1v) is 10.2. The maximum absolute atomic E-state index is 12.3. The van der Waals surface area contributed by atoms with Gasteiger partial charge in [0.1, 0.15) is 4.90 Å². The Morgan fingerprint density at radius 2 is 1.82 bits per heavy atom. The lowest BCUT2D eigenvalue weighted by molar-refractivity contribution is -0.119. The van der Waals surface area contributed by atoms with Crippen LogP contribution < -0.4 is 10.5 Å². The van der Waals surface area contributed by atoms with Crippen molar-refractivity contribution in [2.45, 2.75) is 15.5 Å². The van der Waals surface area contributed by atoms with Crippen molar-refractivity contribution < 1.29 is 31.5 Å². The smallest absolute Gasteiger partial charge is 0.338 e. The van der Waals surface area contributed by atoms with E-state index in [2.05, 4.69) is 5.32 Å². The molecule has 0 fully saturated rings. The topological polar surface area (TPSA) is 116 Å². The number of carbonyl (C=O) groups excluding carboxylic acids is 2. The summed E-state index contributed by atoms with van der Waals surface area (Å²) in [5.41, 5.74) is 0.164. The van der Waals surface area contributed by atoms with Crippen molar-refractivity contribution >= 4 is 50.9 Å². The third kappa shape index (κ3) is 6.44. The molecule has 0 aliphatic carbocycles. The SMILES string of the molecule is NS(=O)(=O)c1cc(C(=O)OCC(=O)Nc2ccc(SC(F)F)cc2)ccc1Cl. The number of hydrogen-bond donors (Lipinski definition) is 2. The number of halogens is 3. The minimum atomic E-state index is -4.14. The molecule has 1 amide bonds. The molecule has 0 aliphatic rings. The molecule has 0 saturated carbocycles. The largest absolute Gasteiger partial charge is 0.452 e. The van der Waals surface area contributed by atoms with Gasteiger partial charge in [-0.25, -0.2) is 18.4 Å². The summed E-state index contributed by atoms with van der Waals surface area (Å²) < 4.78 is 52.2. The standard InChI is InChI=1S/C16H13ClF2N2O5S2/c17-12-6-1-9(7-13(12)28(20,24)25)15(23)26-8-14(22)21-10-2-4-11(5-3-10)27-16(18)19/h1-7,16H,8H2,(H,21,22)(H2,20,24,25). The van der Waals surface area contributed by atoms with E-state index < -0.39 is 39.2 Å². The quantitative estimate of drug-likeness (QED) is 0.494. The molecule has 12 heteroatoms. The second kappa shape index (κ2) is 9.32. The molecule has 2 rings (SSSR count). The van der Waals surface area contributed by atoms with Gasteiger partial charge in [0.25, 0.3) is 11.7 Å². The minimum absolute atomic E-state index is 0.158. The highest BCUT2D eigenvalue weighted by Crippen LogP contribution is 2.26. The van der Waals surface area contributed by atoms with Gasteiger partial charge < -0.3 is 10.1 Å². The van der Waals surface area contributed by atoms with E-state index in [-0.39, 0.29) is 10.6 Å². The van der Waals surface area contributed by atoms with E-state index in [9.17, 15) is 26.8 Å². The Morgan fingerprint density at radius 1 is 1.18 bits per heavy atom. The summed E-state index contributed by atoms with van der Waals surface area (Å²) in [4.78, 5) is 23.7. The van der Waals surface area contributed by atoms with E-state index in [1.807, 2.05) is 0 Å². The van der Waals surface area contributed by atoms with Crippen LogP contribution in [0, 0.1) is 0 Å². The van der Waals surface area contributed by atoms with Gasteiger partial charge in [-0.2, -0.15) is 8.78 Å².